The fraction of sp³-hybridized carbons (Fsp3) is 0.0345. The minimum atomic E-state index is -0.407. The lowest BCUT2D eigenvalue weighted by Gasteiger charge is -2.07. The zero-order chi connectivity index (χ0) is 26.9. The number of carbonyl (C=O) groups is 4. The number of hydrogen-bond acceptors (Lipinski definition) is 5. The van der Waals surface area contributed by atoms with Crippen molar-refractivity contribution in [1.29, 1.82) is 0 Å². The highest BCUT2D eigenvalue weighted by Gasteiger charge is 2.07. The molecule has 0 spiro atoms. The summed E-state index contributed by atoms with van der Waals surface area (Å²) < 4.78 is 0. The van der Waals surface area contributed by atoms with Crippen LogP contribution in [0.25, 0.3) is 0 Å². The Morgan fingerprint density at radius 1 is 0.474 bits per heavy atom. The Labute approximate surface area is 226 Å². The molecule has 4 aromatic carbocycles. The Balaban J connectivity index is 0.000000307. The van der Waals surface area contributed by atoms with E-state index in [0.29, 0.717) is 22.3 Å². The van der Waals surface area contributed by atoms with Crippen LogP contribution in [0.15, 0.2) is 121 Å². The Morgan fingerprint density at radius 2 is 0.737 bits per heavy atom. The van der Waals surface area contributed by atoms with Gasteiger partial charge in [-0.3, -0.25) is 35.5 Å². The van der Waals surface area contributed by atoms with Crippen molar-refractivity contribution in [3.05, 3.63) is 144 Å². The van der Waals surface area contributed by atoms with Crippen LogP contribution in [-0.2, 0) is 0 Å². The molecule has 0 saturated heterocycles. The van der Waals surface area contributed by atoms with Gasteiger partial charge in [0.15, 0.2) is 0 Å². The van der Waals surface area contributed by atoms with Crippen molar-refractivity contribution < 1.29 is 19.2 Å². The molecule has 0 fully saturated rings. The van der Waals surface area contributed by atoms with Crippen molar-refractivity contribution in [3.8, 4) is 0 Å². The normalized spacial score (nSPS) is 9.00. The van der Waals surface area contributed by atoms with Crippen molar-refractivity contribution in [2.24, 2.45) is 5.84 Å². The van der Waals surface area contributed by atoms with Gasteiger partial charge in [0.2, 0.25) is 0 Å². The highest BCUT2D eigenvalue weighted by Crippen LogP contribution is 2.01. The molecule has 8 nitrogen and oxygen atoms in total. The summed E-state index contributed by atoms with van der Waals surface area (Å²) in [5, 5.41) is -0.407. The number of rotatable bonds is 4. The molecular formula is C29H29ClN4O4. The first kappa shape index (κ1) is 31.2. The Morgan fingerprint density at radius 3 is 0.974 bits per heavy atom. The van der Waals surface area contributed by atoms with Crippen molar-refractivity contribution >= 4 is 34.6 Å². The van der Waals surface area contributed by atoms with E-state index in [0.717, 1.165) is 0 Å². The molecule has 3 amide bonds. The van der Waals surface area contributed by atoms with Gasteiger partial charge < -0.3 is 0 Å². The molecule has 0 atom stereocenters. The second-order valence-corrected chi connectivity index (χ2v) is 7.46. The molecule has 5 N–H and O–H groups in total. The molecule has 0 saturated carbocycles. The molecule has 0 aliphatic heterocycles. The molecule has 196 valence electrons. The smallest absolute Gasteiger partial charge is 0.269 e. The maximum atomic E-state index is 11.7. The fourth-order valence-corrected chi connectivity index (χ4v) is 2.80. The summed E-state index contributed by atoms with van der Waals surface area (Å²) in [7, 11) is 0. The molecule has 4 aromatic rings. The minimum Gasteiger partial charge on any atom is -0.290 e. The number of benzene rings is 4. The molecule has 9 heteroatoms. The van der Waals surface area contributed by atoms with Crippen molar-refractivity contribution in [1.82, 2.24) is 16.3 Å². The van der Waals surface area contributed by atoms with E-state index in [1.54, 1.807) is 97.1 Å². The monoisotopic (exact) mass is 532 g/mol. The number of nitrogen functional groups attached to an aromatic ring is 1. The van der Waals surface area contributed by atoms with Crippen LogP contribution in [-0.4, -0.2) is 23.0 Å². The third kappa shape index (κ3) is 11.3. The zero-order valence-electron chi connectivity index (χ0n) is 19.6. The molecule has 0 aliphatic carbocycles. The summed E-state index contributed by atoms with van der Waals surface area (Å²) in [5.41, 5.74) is 8.86. The summed E-state index contributed by atoms with van der Waals surface area (Å²) in [6.07, 6.45) is 0. The number of hydrogen-bond donors (Lipinski definition) is 4. The highest BCUT2D eigenvalue weighted by molar-refractivity contribution is 6.67. The summed E-state index contributed by atoms with van der Waals surface area (Å²) in [6, 6.07) is 34.9. The lowest BCUT2D eigenvalue weighted by Crippen LogP contribution is -2.41. The molecule has 4 rings (SSSR count). The third-order valence-corrected chi connectivity index (χ3v) is 4.75. The zero-order valence-corrected chi connectivity index (χ0v) is 20.4. The Kier molecular flexibility index (Phi) is 14.5. The molecule has 0 bridgehead atoms. The maximum absolute atomic E-state index is 11.7. The summed E-state index contributed by atoms with van der Waals surface area (Å²) in [4.78, 5) is 44.5. The predicted octanol–water partition coefficient (Wildman–Crippen LogP) is 4.75. The van der Waals surface area contributed by atoms with E-state index in [9.17, 15) is 19.2 Å². The van der Waals surface area contributed by atoms with Gasteiger partial charge in [-0.2, -0.15) is 0 Å². The summed E-state index contributed by atoms with van der Waals surface area (Å²) >= 11 is 5.16. The van der Waals surface area contributed by atoms with E-state index in [1.165, 1.54) is 0 Å². The number of nitrogens with two attached hydrogens (primary N) is 1. The summed E-state index contributed by atoms with van der Waals surface area (Å²) in [6.45, 7) is 0. The quantitative estimate of drug-likeness (QED) is 0.130. The van der Waals surface area contributed by atoms with E-state index in [1.807, 2.05) is 29.7 Å². The van der Waals surface area contributed by atoms with Gasteiger partial charge >= 0.3 is 0 Å². The van der Waals surface area contributed by atoms with Gasteiger partial charge in [-0.1, -0.05) is 92.4 Å². The lowest BCUT2D eigenvalue weighted by atomic mass is 10.2. The van der Waals surface area contributed by atoms with E-state index >= 15 is 0 Å². The first-order valence-corrected chi connectivity index (χ1v) is 11.3. The fourth-order valence-electron chi connectivity index (χ4n) is 2.68. The second kappa shape index (κ2) is 17.6. The van der Waals surface area contributed by atoms with E-state index in [4.69, 9.17) is 17.4 Å². The summed E-state index contributed by atoms with van der Waals surface area (Å²) in [5.74, 6) is 3.95. The van der Waals surface area contributed by atoms with Crippen LogP contribution in [0.1, 0.15) is 48.9 Å². The van der Waals surface area contributed by atoms with Crippen LogP contribution >= 0.6 is 11.6 Å². The number of hydrazine groups is 2. The van der Waals surface area contributed by atoms with Crippen LogP contribution in [0, 0.1) is 0 Å². The number of nitrogens with one attached hydrogen (secondary N) is 3. The number of amides is 3. The van der Waals surface area contributed by atoms with Gasteiger partial charge in [0.1, 0.15) is 0 Å². The van der Waals surface area contributed by atoms with Gasteiger partial charge in [-0.05, 0) is 48.0 Å². The SMILES string of the molecule is C.NNC(=O)c1ccccc1.O=C(Cl)c1ccccc1.O=C(NNC(=O)c1ccccc1)c1ccccc1. The minimum absolute atomic E-state index is 0. The number of halogens is 1. The number of carbonyl (C=O) groups excluding carboxylic acids is 4. The average molecular weight is 533 g/mol. The Bertz CT molecular complexity index is 1220. The van der Waals surface area contributed by atoms with Crippen LogP contribution in [0.2, 0.25) is 0 Å². The van der Waals surface area contributed by atoms with E-state index in [-0.39, 0.29) is 25.1 Å². The maximum Gasteiger partial charge on any atom is 0.269 e. The average Bonchev–Trinajstić information content (AvgIpc) is 2.97. The van der Waals surface area contributed by atoms with Crippen molar-refractivity contribution in [2.75, 3.05) is 0 Å². The van der Waals surface area contributed by atoms with Gasteiger partial charge in [-0.25, -0.2) is 5.84 Å². The largest absolute Gasteiger partial charge is 0.290 e. The molecular weight excluding hydrogens is 504 g/mol. The third-order valence-electron chi connectivity index (χ3n) is 4.53. The van der Waals surface area contributed by atoms with Gasteiger partial charge in [0.25, 0.3) is 23.0 Å². The van der Waals surface area contributed by atoms with Gasteiger partial charge in [0.05, 0.1) is 0 Å². The van der Waals surface area contributed by atoms with E-state index in [2.05, 4.69) is 10.9 Å². The molecule has 0 radical (unpaired) electrons. The van der Waals surface area contributed by atoms with Crippen molar-refractivity contribution in [2.45, 2.75) is 7.43 Å². The van der Waals surface area contributed by atoms with Crippen molar-refractivity contribution in [3.63, 3.8) is 0 Å². The first-order chi connectivity index (χ1) is 17.9. The molecule has 0 heterocycles. The van der Waals surface area contributed by atoms with Gasteiger partial charge in [0, 0.05) is 22.3 Å². The topological polar surface area (TPSA) is 130 Å². The predicted molar refractivity (Wildman–Crippen MR) is 149 cm³/mol. The molecule has 0 aromatic heterocycles. The Hall–Kier alpha value is -4.79. The van der Waals surface area contributed by atoms with E-state index < -0.39 is 5.24 Å². The second-order valence-electron chi connectivity index (χ2n) is 7.12. The molecule has 0 unspecified atom stereocenters. The highest BCUT2D eigenvalue weighted by atomic mass is 35.5. The van der Waals surface area contributed by atoms with Gasteiger partial charge in [-0.15, -0.1) is 0 Å². The molecule has 0 aliphatic rings. The standard InChI is InChI=1S/C14H12N2O2.C7H5ClO.C7H8N2O.CH4/c17-13(11-7-3-1-4-8-11)15-16-14(18)12-9-5-2-6-10-12;8-7(9)6-4-2-1-3-5-6;8-9-7(10)6-4-2-1-3-5-6;/h1-10H,(H,15,17)(H,16,18);1-5H;1-5H,8H2,(H,9,10);1H4. The van der Waals surface area contributed by atoms with Crippen LogP contribution in [0.4, 0.5) is 0 Å². The molecule has 38 heavy (non-hydrogen) atoms. The van der Waals surface area contributed by atoms with Crippen LogP contribution < -0.4 is 22.1 Å². The lowest BCUT2D eigenvalue weighted by molar-refractivity contribution is 0.0846. The first-order valence-electron chi connectivity index (χ1n) is 10.9. The van der Waals surface area contributed by atoms with Crippen LogP contribution in [0.3, 0.4) is 0 Å². The van der Waals surface area contributed by atoms with Crippen LogP contribution in [0.5, 0.6) is 0 Å².